The number of urea groups is 1. The molecule has 0 unspecified atom stereocenters. The summed E-state index contributed by atoms with van der Waals surface area (Å²) < 4.78 is 5.69. The van der Waals surface area contributed by atoms with Gasteiger partial charge in [-0.1, -0.05) is 23.7 Å². The van der Waals surface area contributed by atoms with Crippen molar-refractivity contribution in [2.75, 3.05) is 44.6 Å². The van der Waals surface area contributed by atoms with Crippen LogP contribution in [0.25, 0.3) is 0 Å². The standard InChI is InChI=1S/C18H23ClN6O2/c19-15-3-1-2-14(12-15)13-27-17-16(21-4-5-22-17)24-18(26)23-8-11-25-9-6-20-7-10-25/h1-5,12,20H,6-11,13H2,(H2,21,23,24,26). The Morgan fingerprint density at radius 1 is 1.26 bits per heavy atom. The van der Waals surface area contributed by atoms with E-state index < -0.39 is 0 Å². The molecule has 27 heavy (non-hydrogen) atoms. The van der Waals surface area contributed by atoms with Crippen molar-refractivity contribution in [3.63, 3.8) is 0 Å². The molecule has 0 spiro atoms. The molecule has 0 atom stereocenters. The molecule has 1 aromatic carbocycles. The maximum Gasteiger partial charge on any atom is 0.320 e. The van der Waals surface area contributed by atoms with Gasteiger partial charge in [-0.25, -0.2) is 14.8 Å². The lowest BCUT2D eigenvalue weighted by molar-refractivity contribution is 0.233. The number of nitrogens with zero attached hydrogens (tertiary/aromatic N) is 3. The monoisotopic (exact) mass is 390 g/mol. The van der Waals surface area contributed by atoms with Gasteiger partial charge in [-0.05, 0) is 17.7 Å². The van der Waals surface area contributed by atoms with Crippen LogP contribution in [0.15, 0.2) is 36.7 Å². The molecule has 1 saturated heterocycles. The van der Waals surface area contributed by atoms with Gasteiger partial charge < -0.3 is 15.4 Å². The summed E-state index contributed by atoms with van der Waals surface area (Å²) in [5.74, 6) is 0.536. The van der Waals surface area contributed by atoms with E-state index in [0.717, 1.165) is 38.3 Å². The van der Waals surface area contributed by atoms with E-state index in [-0.39, 0.29) is 24.3 Å². The van der Waals surface area contributed by atoms with Gasteiger partial charge in [0.2, 0.25) is 0 Å². The van der Waals surface area contributed by atoms with Crippen molar-refractivity contribution in [2.24, 2.45) is 0 Å². The Kier molecular flexibility index (Phi) is 7.20. The number of benzene rings is 1. The normalized spacial score (nSPS) is 14.6. The van der Waals surface area contributed by atoms with Gasteiger partial charge in [0.15, 0.2) is 5.82 Å². The highest BCUT2D eigenvalue weighted by molar-refractivity contribution is 6.30. The summed E-state index contributed by atoms with van der Waals surface area (Å²) in [5, 5.41) is 9.46. The summed E-state index contributed by atoms with van der Waals surface area (Å²) in [6.07, 6.45) is 3.02. The predicted octanol–water partition coefficient (Wildman–Crippen LogP) is 1.74. The van der Waals surface area contributed by atoms with Crippen LogP contribution in [-0.4, -0.2) is 60.2 Å². The Hall–Kier alpha value is -2.42. The van der Waals surface area contributed by atoms with Gasteiger partial charge in [0.05, 0.1) is 0 Å². The van der Waals surface area contributed by atoms with Crippen molar-refractivity contribution in [3.05, 3.63) is 47.2 Å². The first-order valence-corrected chi connectivity index (χ1v) is 9.25. The zero-order valence-corrected chi connectivity index (χ0v) is 15.7. The number of carbonyl (C=O) groups excluding carboxylic acids is 1. The lowest BCUT2D eigenvalue weighted by Gasteiger charge is -2.27. The highest BCUT2D eigenvalue weighted by Crippen LogP contribution is 2.19. The quantitative estimate of drug-likeness (QED) is 0.667. The molecule has 9 heteroatoms. The molecule has 2 amide bonds. The average Bonchev–Trinajstić information content (AvgIpc) is 2.68. The lowest BCUT2D eigenvalue weighted by atomic mass is 10.2. The summed E-state index contributed by atoms with van der Waals surface area (Å²) in [5.41, 5.74) is 0.902. The minimum atomic E-state index is -0.335. The van der Waals surface area contributed by atoms with Crippen molar-refractivity contribution in [1.29, 1.82) is 0 Å². The Morgan fingerprint density at radius 3 is 2.89 bits per heavy atom. The third-order valence-electron chi connectivity index (χ3n) is 4.08. The van der Waals surface area contributed by atoms with Crippen molar-refractivity contribution in [2.45, 2.75) is 6.61 Å². The second-order valence-corrected chi connectivity index (χ2v) is 6.54. The molecule has 1 aliphatic heterocycles. The molecular formula is C18H23ClN6O2. The van der Waals surface area contributed by atoms with Crippen LogP contribution in [-0.2, 0) is 6.61 Å². The third kappa shape index (κ3) is 6.35. The van der Waals surface area contributed by atoms with Gasteiger partial charge in [-0.15, -0.1) is 0 Å². The summed E-state index contributed by atoms with van der Waals surface area (Å²) in [6.45, 7) is 5.61. The number of hydrogen-bond donors (Lipinski definition) is 3. The summed E-state index contributed by atoms with van der Waals surface area (Å²) >= 11 is 5.98. The lowest BCUT2D eigenvalue weighted by Crippen LogP contribution is -2.46. The molecule has 0 radical (unpaired) electrons. The van der Waals surface area contributed by atoms with Crippen molar-refractivity contribution < 1.29 is 9.53 Å². The molecule has 8 nitrogen and oxygen atoms in total. The van der Waals surface area contributed by atoms with Crippen LogP contribution in [0.3, 0.4) is 0 Å². The number of halogens is 1. The maximum absolute atomic E-state index is 12.1. The van der Waals surface area contributed by atoms with E-state index in [9.17, 15) is 4.79 Å². The van der Waals surface area contributed by atoms with E-state index in [1.165, 1.54) is 12.4 Å². The van der Waals surface area contributed by atoms with E-state index in [1.54, 1.807) is 6.07 Å². The number of rotatable bonds is 7. The van der Waals surface area contributed by atoms with Gasteiger partial charge >= 0.3 is 6.03 Å². The van der Waals surface area contributed by atoms with Gasteiger partial charge in [-0.2, -0.15) is 0 Å². The number of aromatic nitrogens is 2. The molecule has 0 saturated carbocycles. The molecule has 1 fully saturated rings. The SMILES string of the molecule is O=C(NCCN1CCNCC1)Nc1nccnc1OCc1cccc(Cl)c1. The molecule has 1 aromatic heterocycles. The number of anilines is 1. The van der Waals surface area contributed by atoms with Gasteiger partial charge in [-0.3, -0.25) is 10.2 Å². The fourth-order valence-electron chi connectivity index (χ4n) is 2.71. The number of carbonyl (C=O) groups is 1. The third-order valence-corrected chi connectivity index (χ3v) is 4.32. The Balaban J connectivity index is 1.48. The molecule has 144 valence electrons. The van der Waals surface area contributed by atoms with E-state index in [0.29, 0.717) is 11.6 Å². The fourth-order valence-corrected chi connectivity index (χ4v) is 2.92. The van der Waals surface area contributed by atoms with Crippen LogP contribution < -0.4 is 20.7 Å². The topological polar surface area (TPSA) is 91.4 Å². The Morgan fingerprint density at radius 2 is 2.07 bits per heavy atom. The number of nitrogens with one attached hydrogen (secondary N) is 3. The minimum absolute atomic E-state index is 0.259. The molecule has 0 bridgehead atoms. The second kappa shape index (κ2) is 10.1. The van der Waals surface area contributed by atoms with E-state index in [4.69, 9.17) is 16.3 Å². The van der Waals surface area contributed by atoms with Crippen molar-refractivity contribution in [3.8, 4) is 5.88 Å². The number of hydrogen-bond acceptors (Lipinski definition) is 6. The molecule has 2 aromatic rings. The van der Waals surface area contributed by atoms with Crippen LogP contribution in [0, 0.1) is 0 Å². The van der Waals surface area contributed by atoms with E-state index in [1.807, 2.05) is 18.2 Å². The van der Waals surface area contributed by atoms with Crippen LogP contribution in [0.2, 0.25) is 5.02 Å². The first kappa shape index (κ1) is 19.3. The summed E-state index contributed by atoms with van der Waals surface area (Å²) in [4.78, 5) is 22.7. The number of piperazine rings is 1. The van der Waals surface area contributed by atoms with Gasteiger partial charge in [0.1, 0.15) is 6.61 Å². The first-order chi connectivity index (χ1) is 13.2. The van der Waals surface area contributed by atoms with Crippen LogP contribution in [0.4, 0.5) is 10.6 Å². The van der Waals surface area contributed by atoms with Crippen molar-refractivity contribution >= 4 is 23.4 Å². The maximum atomic E-state index is 12.1. The molecular weight excluding hydrogens is 368 g/mol. The number of ether oxygens (including phenoxy) is 1. The van der Waals surface area contributed by atoms with Crippen LogP contribution in [0.5, 0.6) is 5.88 Å². The smallest absolute Gasteiger partial charge is 0.320 e. The van der Waals surface area contributed by atoms with Crippen LogP contribution in [0.1, 0.15) is 5.56 Å². The zero-order valence-electron chi connectivity index (χ0n) is 14.9. The fraction of sp³-hybridized carbons (Fsp3) is 0.389. The highest BCUT2D eigenvalue weighted by Gasteiger charge is 2.12. The molecule has 2 heterocycles. The minimum Gasteiger partial charge on any atom is -0.470 e. The summed E-state index contributed by atoms with van der Waals surface area (Å²) in [6, 6.07) is 7.03. The second-order valence-electron chi connectivity index (χ2n) is 6.10. The van der Waals surface area contributed by atoms with Crippen LogP contribution >= 0.6 is 11.6 Å². The Bertz CT molecular complexity index is 754. The highest BCUT2D eigenvalue weighted by atomic mass is 35.5. The van der Waals surface area contributed by atoms with E-state index in [2.05, 4.69) is 30.8 Å². The van der Waals surface area contributed by atoms with E-state index >= 15 is 0 Å². The molecule has 3 N–H and O–H groups in total. The molecule has 1 aliphatic rings. The van der Waals surface area contributed by atoms with Gasteiger partial charge in [0.25, 0.3) is 5.88 Å². The average molecular weight is 391 g/mol. The number of amides is 2. The van der Waals surface area contributed by atoms with Crippen molar-refractivity contribution in [1.82, 2.24) is 25.5 Å². The zero-order chi connectivity index (χ0) is 18.9. The largest absolute Gasteiger partial charge is 0.470 e. The van der Waals surface area contributed by atoms with Gasteiger partial charge in [0, 0.05) is 56.7 Å². The molecule has 0 aliphatic carbocycles. The molecule has 3 rings (SSSR count). The summed E-state index contributed by atoms with van der Waals surface area (Å²) in [7, 11) is 0. The Labute approximate surface area is 163 Å². The first-order valence-electron chi connectivity index (χ1n) is 8.87. The predicted molar refractivity (Wildman–Crippen MR) is 104 cm³/mol.